The second-order valence-electron chi connectivity index (χ2n) is 5.27. The molecule has 0 radical (unpaired) electrons. The molecule has 0 spiro atoms. The van der Waals surface area contributed by atoms with Gasteiger partial charge in [-0.2, -0.15) is 5.10 Å². The molecule has 1 unspecified atom stereocenters. The summed E-state index contributed by atoms with van der Waals surface area (Å²) in [6.07, 6.45) is -0.159. The van der Waals surface area contributed by atoms with Crippen LogP contribution in [0.3, 0.4) is 0 Å². The quantitative estimate of drug-likeness (QED) is 0.510. The standard InChI is InChI=1S/C16H20N4O4/c1-10(24-11(2)21)15(22)18-9-5-8-17-14-12-6-3-4-7-13(12)16(23)20-19-14/h3-4,6-7,10H,5,8-9H2,1-2H3,(H,17,19)(H,18,22)(H,20,23). The summed E-state index contributed by atoms with van der Waals surface area (Å²) in [5, 5.41) is 13.6. The highest BCUT2D eigenvalue weighted by atomic mass is 16.5. The Kier molecular flexibility index (Phi) is 5.89. The highest BCUT2D eigenvalue weighted by Crippen LogP contribution is 2.16. The number of benzene rings is 1. The van der Waals surface area contributed by atoms with Crippen molar-refractivity contribution in [2.24, 2.45) is 0 Å². The smallest absolute Gasteiger partial charge is 0.303 e. The number of esters is 1. The van der Waals surface area contributed by atoms with E-state index in [1.54, 1.807) is 12.1 Å². The lowest BCUT2D eigenvalue weighted by Crippen LogP contribution is -2.36. The zero-order valence-electron chi connectivity index (χ0n) is 13.6. The van der Waals surface area contributed by atoms with Gasteiger partial charge in [-0.15, -0.1) is 0 Å². The number of anilines is 1. The molecule has 8 heteroatoms. The molecule has 0 aliphatic heterocycles. The third kappa shape index (κ3) is 4.55. The average Bonchev–Trinajstić information content (AvgIpc) is 2.56. The van der Waals surface area contributed by atoms with Crippen LogP contribution in [0.15, 0.2) is 29.1 Å². The van der Waals surface area contributed by atoms with Crippen molar-refractivity contribution < 1.29 is 14.3 Å². The summed E-state index contributed by atoms with van der Waals surface area (Å²) in [5.74, 6) is -0.238. The minimum absolute atomic E-state index is 0.233. The average molecular weight is 332 g/mol. The first kappa shape index (κ1) is 17.5. The topological polar surface area (TPSA) is 113 Å². The third-order valence-electron chi connectivity index (χ3n) is 3.35. The Morgan fingerprint density at radius 3 is 2.67 bits per heavy atom. The van der Waals surface area contributed by atoms with E-state index in [0.29, 0.717) is 30.7 Å². The Bertz CT molecular complexity index is 787. The molecule has 0 aliphatic rings. The summed E-state index contributed by atoms with van der Waals surface area (Å²) in [6, 6.07) is 7.19. The van der Waals surface area contributed by atoms with Crippen LogP contribution in [-0.2, 0) is 14.3 Å². The van der Waals surface area contributed by atoms with E-state index in [-0.39, 0.29) is 11.5 Å². The summed E-state index contributed by atoms with van der Waals surface area (Å²) in [4.78, 5) is 34.1. The number of hydrogen-bond donors (Lipinski definition) is 3. The minimum atomic E-state index is -0.805. The summed E-state index contributed by atoms with van der Waals surface area (Å²) in [5.41, 5.74) is -0.233. The lowest BCUT2D eigenvalue weighted by Gasteiger charge is -2.12. The van der Waals surface area contributed by atoms with Gasteiger partial charge in [0.2, 0.25) is 0 Å². The number of aromatic nitrogens is 2. The Labute approximate surface area is 138 Å². The molecule has 1 atom stereocenters. The van der Waals surface area contributed by atoms with E-state index in [4.69, 9.17) is 4.74 Å². The molecule has 0 saturated carbocycles. The highest BCUT2D eigenvalue weighted by Gasteiger charge is 2.14. The zero-order valence-corrected chi connectivity index (χ0v) is 13.6. The summed E-state index contributed by atoms with van der Waals surface area (Å²) in [7, 11) is 0. The molecule has 0 bridgehead atoms. The van der Waals surface area contributed by atoms with Gasteiger partial charge in [0, 0.05) is 25.4 Å². The number of nitrogens with zero attached hydrogens (tertiary/aromatic N) is 1. The molecule has 1 heterocycles. The van der Waals surface area contributed by atoms with Crippen molar-refractivity contribution >= 4 is 28.5 Å². The van der Waals surface area contributed by atoms with Gasteiger partial charge in [-0.05, 0) is 19.4 Å². The molecule has 3 N–H and O–H groups in total. The maximum atomic E-state index is 11.7. The van der Waals surface area contributed by atoms with Crippen LogP contribution in [0.1, 0.15) is 20.3 Å². The number of carbonyl (C=O) groups is 2. The normalized spacial score (nSPS) is 11.8. The fraction of sp³-hybridized carbons (Fsp3) is 0.375. The monoisotopic (exact) mass is 332 g/mol. The number of hydrogen-bond acceptors (Lipinski definition) is 6. The van der Waals surface area contributed by atoms with Gasteiger partial charge in [-0.1, -0.05) is 18.2 Å². The molecule has 2 rings (SSSR count). The van der Waals surface area contributed by atoms with Gasteiger partial charge in [0.25, 0.3) is 11.5 Å². The zero-order chi connectivity index (χ0) is 17.5. The number of H-pyrrole nitrogens is 1. The number of ether oxygens (including phenoxy) is 1. The molecule has 1 aromatic heterocycles. The van der Waals surface area contributed by atoms with E-state index in [1.807, 2.05) is 12.1 Å². The number of nitrogens with one attached hydrogen (secondary N) is 3. The van der Waals surface area contributed by atoms with Gasteiger partial charge in [0.05, 0.1) is 5.39 Å². The molecule has 8 nitrogen and oxygen atoms in total. The van der Waals surface area contributed by atoms with Crippen molar-refractivity contribution in [3.8, 4) is 0 Å². The van der Waals surface area contributed by atoms with Gasteiger partial charge in [-0.25, -0.2) is 5.10 Å². The molecule has 1 aromatic carbocycles. The van der Waals surface area contributed by atoms with E-state index in [2.05, 4.69) is 20.8 Å². The van der Waals surface area contributed by atoms with E-state index in [0.717, 1.165) is 5.39 Å². The highest BCUT2D eigenvalue weighted by molar-refractivity contribution is 5.90. The van der Waals surface area contributed by atoms with Crippen molar-refractivity contribution in [1.82, 2.24) is 15.5 Å². The van der Waals surface area contributed by atoms with Crippen LogP contribution >= 0.6 is 0 Å². The van der Waals surface area contributed by atoms with Gasteiger partial charge in [0.1, 0.15) is 0 Å². The van der Waals surface area contributed by atoms with Crippen molar-refractivity contribution in [2.75, 3.05) is 18.4 Å². The molecule has 128 valence electrons. The molecule has 24 heavy (non-hydrogen) atoms. The first-order valence-corrected chi connectivity index (χ1v) is 7.65. The Balaban J connectivity index is 1.81. The van der Waals surface area contributed by atoms with Crippen molar-refractivity contribution in [3.63, 3.8) is 0 Å². The first-order chi connectivity index (χ1) is 11.5. The predicted molar refractivity (Wildman–Crippen MR) is 89.7 cm³/mol. The molecular weight excluding hydrogens is 312 g/mol. The van der Waals surface area contributed by atoms with Crippen molar-refractivity contribution in [1.29, 1.82) is 0 Å². The molecule has 1 amide bonds. The lowest BCUT2D eigenvalue weighted by molar-refractivity contribution is -0.152. The lowest BCUT2D eigenvalue weighted by atomic mass is 10.2. The summed E-state index contributed by atoms with van der Waals surface area (Å²) < 4.78 is 4.79. The SMILES string of the molecule is CC(=O)OC(C)C(=O)NCCCNc1n[nH]c(=O)c2ccccc12. The number of rotatable bonds is 7. The van der Waals surface area contributed by atoms with E-state index < -0.39 is 12.1 Å². The van der Waals surface area contributed by atoms with Crippen LogP contribution in [0.2, 0.25) is 0 Å². The van der Waals surface area contributed by atoms with Crippen LogP contribution in [0.4, 0.5) is 5.82 Å². The minimum Gasteiger partial charge on any atom is -0.453 e. The molecule has 0 aliphatic carbocycles. The Morgan fingerprint density at radius 2 is 1.96 bits per heavy atom. The van der Waals surface area contributed by atoms with Crippen LogP contribution in [0, 0.1) is 0 Å². The molecular formula is C16H20N4O4. The molecule has 0 saturated heterocycles. The van der Waals surface area contributed by atoms with Crippen molar-refractivity contribution in [3.05, 3.63) is 34.6 Å². The van der Waals surface area contributed by atoms with Crippen LogP contribution in [-0.4, -0.2) is 41.3 Å². The number of fused-ring (bicyclic) bond motifs is 1. The van der Waals surface area contributed by atoms with Gasteiger partial charge >= 0.3 is 5.97 Å². The summed E-state index contributed by atoms with van der Waals surface area (Å²) >= 11 is 0. The Morgan fingerprint density at radius 1 is 1.25 bits per heavy atom. The van der Waals surface area contributed by atoms with Crippen molar-refractivity contribution in [2.45, 2.75) is 26.4 Å². The maximum Gasteiger partial charge on any atom is 0.303 e. The van der Waals surface area contributed by atoms with Crippen LogP contribution in [0.5, 0.6) is 0 Å². The third-order valence-corrected chi connectivity index (χ3v) is 3.35. The molecule has 0 fully saturated rings. The second-order valence-corrected chi connectivity index (χ2v) is 5.27. The van der Waals surface area contributed by atoms with E-state index in [1.165, 1.54) is 13.8 Å². The van der Waals surface area contributed by atoms with Crippen LogP contribution in [0.25, 0.3) is 10.8 Å². The van der Waals surface area contributed by atoms with E-state index >= 15 is 0 Å². The van der Waals surface area contributed by atoms with Crippen LogP contribution < -0.4 is 16.2 Å². The van der Waals surface area contributed by atoms with Gasteiger partial charge < -0.3 is 15.4 Å². The number of amides is 1. The fourth-order valence-corrected chi connectivity index (χ4v) is 2.20. The first-order valence-electron chi connectivity index (χ1n) is 7.65. The number of carbonyl (C=O) groups excluding carboxylic acids is 2. The van der Waals surface area contributed by atoms with Gasteiger partial charge in [0.15, 0.2) is 11.9 Å². The van der Waals surface area contributed by atoms with Gasteiger partial charge in [-0.3, -0.25) is 14.4 Å². The number of aromatic amines is 1. The van der Waals surface area contributed by atoms with E-state index in [9.17, 15) is 14.4 Å². The largest absolute Gasteiger partial charge is 0.453 e. The molecule has 2 aromatic rings. The summed E-state index contributed by atoms with van der Waals surface area (Å²) in [6.45, 7) is 3.77. The Hall–Kier alpha value is -2.90. The fourth-order valence-electron chi connectivity index (χ4n) is 2.20. The second kappa shape index (κ2) is 8.09. The predicted octanol–water partition coefficient (Wildman–Crippen LogP) is 0.793. The maximum absolute atomic E-state index is 11.7.